The van der Waals surface area contributed by atoms with Gasteiger partial charge in [0.15, 0.2) is 0 Å². The quantitative estimate of drug-likeness (QED) is 0.592. The van der Waals surface area contributed by atoms with Crippen molar-refractivity contribution < 1.29 is 9.47 Å². The molecule has 0 aliphatic heterocycles. The summed E-state index contributed by atoms with van der Waals surface area (Å²) in [5, 5.41) is 0. The maximum Gasteiger partial charge on any atom is 0.0680 e. The van der Waals surface area contributed by atoms with Gasteiger partial charge in [-0.25, -0.2) is 0 Å². The summed E-state index contributed by atoms with van der Waals surface area (Å²) >= 11 is 0. The minimum Gasteiger partial charge on any atom is -0.375 e. The van der Waals surface area contributed by atoms with E-state index in [-0.39, 0.29) is 28.2 Å². The summed E-state index contributed by atoms with van der Waals surface area (Å²) in [6.45, 7) is 22.8. The number of hydrogen-bond acceptors (Lipinski definition) is 4. The van der Waals surface area contributed by atoms with Crippen LogP contribution in [0.3, 0.4) is 0 Å². The van der Waals surface area contributed by atoms with Gasteiger partial charge in [0.1, 0.15) is 0 Å². The normalized spacial score (nSPS) is 17.0. The van der Waals surface area contributed by atoms with Gasteiger partial charge in [-0.15, -0.1) is 0 Å². The van der Waals surface area contributed by atoms with Gasteiger partial charge in [-0.2, -0.15) is 0 Å². The first-order valence-electron chi connectivity index (χ1n) is 9.32. The second kappa shape index (κ2) is 8.48. The fourth-order valence-electron chi connectivity index (χ4n) is 2.74. The van der Waals surface area contributed by atoms with Gasteiger partial charge in [0.25, 0.3) is 0 Å². The molecule has 4 heteroatoms. The van der Waals surface area contributed by atoms with Crippen molar-refractivity contribution in [1.29, 1.82) is 0 Å². The van der Waals surface area contributed by atoms with Crippen LogP contribution in [0.15, 0.2) is 0 Å². The second-order valence-corrected chi connectivity index (χ2v) is 9.97. The Balaban J connectivity index is 4.71. The Labute approximate surface area is 151 Å². The fourth-order valence-corrected chi connectivity index (χ4v) is 2.74. The maximum atomic E-state index is 6.23. The van der Waals surface area contributed by atoms with Crippen LogP contribution < -0.4 is 11.5 Å². The molecule has 0 aromatic rings. The lowest BCUT2D eigenvalue weighted by atomic mass is 9.68. The van der Waals surface area contributed by atoms with Crippen LogP contribution in [0.25, 0.3) is 0 Å². The van der Waals surface area contributed by atoms with Gasteiger partial charge < -0.3 is 20.9 Å². The van der Waals surface area contributed by atoms with Crippen molar-refractivity contribution in [2.24, 2.45) is 22.8 Å². The van der Waals surface area contributed by atoms with E-state index in [0.717, 1.165) is 12.8 Å². The van der Waals surface area contributed by atoms with Crippen molar-refractivity contribution in [1.82, 2.24) is 0 Å². The topological polar surface area (TPSA) is 70.5 Å². The first-order valence-corrected chi connectivity index (χ1v) is 9.32. The smallest absolute Gasteiger partial charge is 0.0680 e. The van der Waals surface area contributed by atoms with Gasteiger partial charge >= 0.3 is 0 Å². The Morgan fingerprint density at radius 1 is 0.875 bits per heavy atom. The Morgan fingerprint density at radius 2 is 1.38 bits per heavy atom. The van der Waals surface area contributed by atoms with Crippen LogP contribution in [0.1, 0.15) is 82.1 Å². The minimum absolute atomic E-state index is 0.0316. The Hall–Kier alpha value is -0.160. The third-order valence-corrected chi connectivity index (χ3v) is 5.53. The van der Waals surface area contributed by atoms with Crippen LogP contribution in [0.4, 0.5) is 0 Å². The molecule has 0 rings (SSSR count). The monoisotopic (exact) mass is 344 g/mol. The van der Waals surface area contributed by atoms with E-state index in [2.05, 4.69) is 48.5 Å². The number of rotatable bonds is 11. The average Bonchev–Trinajstić information content (AvgIpc) is 2.32. The summed E-state index contributed by atoms with van der Waals surface area (Å²) in [6, 6.07) is 0.141. The van der Waals surface area contributed by atoms with E-state index in [0.29, 0.717) is 19.1 Å². The standard InChI is InChI=1S/C20H44N2O2/c1-15(14-24-18(5,6)13-16(2)21)19(7,8)20(9,10)23-12-11-17(3,4)22/h15-16H,11-14,21-22H2,1-10H3. The maximum absolute atomic E-state index is 6.23. The highest BCUT2D eigenvalue weighted by atomic mass is 16.5. The van der Waals surface area contributed by atoms with Crippen molar-refractivity contribution in [3.05, 3.63) is 0 Å². The number of nitrogens with two attached hydrogens (primary N) is 2. The first kappa shape index (κ1) is 23.8. The third kappa shape index (κ3) is 8.28. The molecule has 4 nitrogen and oxygen atoms in total. The summed E-state index contributed by atoms with van der Waals surface area (Å²) in [5.41, 5.74) is 11.3. The molecule has 0 aliphatic rings. The van der Waals surface area contributed by atoms with Gasteiger partial charge in [-0.1, -0.05) is 20.8 Å². The van der Waals surface area contributed by atoms with E-state index in [4.69, 9.17) is 20.9 Å². The molecule has 0 aromatic heterocycles. The number of ether oxygens (including phenoxy) is 2. The molecule has 2 unspecified atom stereocenters. The zero-order chi connectivity index (χ0) is 19.4. The largest absolute Gasteiger partial charge is 0.375 e. The van der Waals surface area contributed by atoms with Gasteiger partial charge in [0.05, 0.1) is 17.8 Å². The van der Waals surface area contributed by atoms with Crippen molar-refractivity contribution in [2.45, 2.75) is 105 Å². The molecule has 4 N–H and O–H groups in total. The highest BCUT2D eigenvalue weighted by Gasteiger charge is 2.42. The first-order chi connectivity index (χ1) is 10.5. The average molecular weight is 345 g/mol. The van der Waals surface area contributed by atoms with E-state index in [1.807, 2.05) is 20.8 Å². The van der Waals surface area contributed by atoms with Crippen LogP contribution >= 0.6 is 0 Å². The molecule has 0 saturated heterocycles. The highest BCUT2D eigenvalue weighted by molar-refractivity contribution is 4.92. The minimum atomic E-state index is -0.258. The lowest BCUT2D eigenvalue weighted by molar-refractivity contribution is -0.143. The Morgan fingerprint density at radius 3 is 1.79 bits per heavy atom. The van der Waals surface area contributed by atoms with Gasteiger partial charge in [-0.3, -0.25) is 0 Å². The predicted octanol–water partition coefficient (Wildman–Crippen LogP) is 4.10. The zero-order valence-corrected chi connectivity index (χ0v) is 18.0. The zero-order valence-electron chi connectivity index (χ0n) is 18.0. The molecule has 0 heterocycles. The molecule has 2 atom stereocenters. The lowest BCUT2D eigenvalue weighted by Gasteiger charge is -2.46. The van der Waals surface area contributed by atoms with Crippen LogP contribution in [0.2, 0.25) is 0 Å². The molecular weight excluding hydrogens is 300 g/mol. The van der Waals surface area contributed by atoms with E-state index in [1.165, 1.54) is 0 Å². The molecular formula is C20H44N2O2. The van der Waals surface area contributed by atoms with E-state index >= 15 is 0 Å². The van der Waals surface area contributed by atoms with Gasteiger partial charge in [-0.05, 0) is 72.6 Å². The van der Waals surface area contributed by atoms with Crippen molar-refractivity contribution in [3.8, 4) is 0 Å². The molecule has 0 amide bonds. The molecule has 0 saturated carbocycles. The van der Waals surface area contributed by atoms with Crippen LogP contribution in [0, 0.1) is 11.3 Å². The third-order valence-electron chi connectivity index (χ3n) is 5.53. The molecule has 0 aromatic carbocycles. The molecule has 0 bridgehead atoms. The summed E-state index contributed by atoms with van der Waals surface area (Å²) in [7, 11) is 0. The second-order valence-electron chi connectivity index (χ2n) is 9.97. The summed E-state index contributed by atoms with van der Waals surface area (Å²) in [6.07, 6.45) is 1.70. The van der Waals surface area contributed by atoms with Gasteiger partial charge in [0, 0.05) is 18.2 Å². The lowest BCUT2D eigenvalue weighted by Crippen LogP contribution is -2.48. The van der Waals surface area contributed by atoms with Crippen LogP contribution in [-0.4, -0.2) is 36.0 Å². The molecule has 24 heavy (non-hydrogen) atoms. The van der Waals surface area contributed by atoms with E-state index < -0.39 is 0 Å². The molecule has 146 valence electrons. The predicted molar refractivity (Wildman–Crippen MR) is 104 cm³/mol. The molecule has 0 aliphatic carbocycles. The van der Waals surface area contributed by atoms with Crippen LogP contribution in [-0.2, 0) is 9.47 Å². The van der Waals surface area contributed by atoms with Crippen molar-refractivity contribution in [2.75, 3.05) is 13.2 Å². The molecule has 0 fully saturated rings. The summed E-state index contributed by atoms with van der Waals surface area (Å²) in [5.74, 6) is 0.353. The highest BCUT2D eigenvalue weighted by Crippen LogP contribution is 2.41. The van der Waals surface area contributed by atoms with Crippen molar-refractivity contribution >= 4 is 0 Å². The van der Waals surface area contributed by atoms with Gasteiger partial charge in [0.2, 0.25) is 0 Å². The Bertz CT molecular complexity index is 368. The van der Waals surface area contributed by atoms with Crippen molar-refractivity contribution in [3.63, 3.8) is 0 Å². The summed E-state index contributed by atoms with van der Waals surface area (Å²) in [4.78, 5) is 0. The molecule has 0 spiro atoms. The van der Waals surface area contributed by atoms with Crippen LogP contribution in [0.5, 0.6) is 0 Å². The SMILES string of the molecule is CC(N)CC(C)(C)OCC(C)C(C)(C)C(C)(C)OCCC(C)(C)N. The molecule has 0 radical (unpaired) electrons. The van der Waals surface area contributed by atoms with E-state index in [9.17, 15) is 0 Å². The number of hydrogen-bond donors (Lipinski definition) is 2. The summed E-state index contributed by atoms with van der Waals surface area (Å²) < 4.78 is 12.4. The van der Waals surface area contributed by atoms with E-state index in [1.54, 1.807) is 0 Å². The Kier molecular flexibility index (Phi) is 8.42. The fraction of sp³-hybridized carbons (Fsp3) is 1.00.